The zero-order chi connectivity index (χ0) is 10.4. The van der Waals surface area contributed by atoms with E-state index < -0.39 is 0 Å². The lowest BCUT2D eigenvalue weighted by atomic mass is 10.2. The lowest BCUT2D eigenvalue weighted by Crippen LogP contribution is -2.03. The van der Waals surface area contributed by atoms with Crippen LogP contribution in [0.5, 0.6) is 0 Å². The van der Waals surface area contributed by atoms with E-state index in [1.165, 1.54) is 25.7 Å². The molecule has 1 rings (SSSR count). The van der Waals surface area contributed by atoms with Gasteiger partial charge in [0.25, 0.3) is 0 Å². The van der Waals surface area contributed by atoms with E-state index >= 15 is 0 Å². The number of rotatable bonds is 6. The van der Waals surface area contributed by atoms with Crippen molar-refractivity contribution in [3.8, 4) is 0 Å². The van der Waals surface area contributed by atoms with Gasteiger partial charge >= 0.3 is 0 Å². The topological polar surface area (TPSA) is 43.8 Å². The van der Waals surface area contributed by atoms with Crippen molar-refractivity contribution in [3.63, 3.8) is 0 Å². The molecule has 80 valence electrons. The number of unbranched alkanes of at least 4 members (excludes halogenated alkanes) is 2. The molecule has 0 unspecified atom stereocenters. The fraction of sp³-hybridized carbons (Fsp3) is 0.727. The summed E-state index contributed by atoms with van der Waals surface area (Å²) >= 11 is 0. The summed E-state index contributed by atoms with van der Waals surface area (Å²) in [5.74, 6) is 0.868. The van der Waals surface area contributed by atoms with Gasteiger partial charge < -0.3 is 10.3 Å². The van der Waals surface area contributed by atoms with E-state index in [-0.39, 0.29) is 0 Å². The van der Waals surface area contributed by atoms with Crippen LogP contribution in [-0.2, 0) is 13.0 Å². The average Bonchev–Trinajstić information content (AvgIpc) is 2.54. The van der Waals surface area contributed by atoms with Crippen molar-refractivity contribution in [2.45, 2.75) is 52.5 Å². The van der Waals surface area contributed by atoms with E-state index in [1.54, 1.807) is 0 Å². The zero-order valence-corrected chi connectivity index (χ0v) is 9.29. The number of nitrogens with two attached hydrogens (primary N) is 1. The Labute approximate surface area is 86.3 Å². The molecule has 0 aromatic carbocycles. The fourth-order valence-electron chi connectivity index (χ4n) is 1.48. The normalized spacial score (nSPS) is 10.7. The summed E-state index contributed by atoms with van der Waals surface area (Å²) in [4.78, 5) is 4.34. The minimum atomic E-state index is 0.868. The number of imidazole rings is 1. The third kappa shape index (κ3) is 2.76. The quantitative estimate of drug-likeness (QED) is 0.758. The van der Waals surface area contributed by atoms with Crippen molar-refractivity contribution < 1.29 is 0 Å². The predicted molar refractivity (Wildman–Crippen MR) is 60.2 cm³/mol. The molecule has 0 aliphatic heterocycles. The first-order chi connectivity index (χ1) is 6.79. The third-order valence-corrected chi connectivity index (χ3v) is 2.48. The second-order valence-corrected chi connectivity index (χ2v) is 3.73. The van der Waals surface area contributed by atoms with Gasteiger partial charge in [-0.15, -0.1) is 0 Å². The van der Waals surface area contributed by atoms with E-state index in [0.717, 1.165) is 24.5 Å². The zero-order valence-electron chi connectivity index (χ0n) is 9.29. The number of aryl methyl sites for hydroxylation is 2. The largest absolute Gasteiger partial charge is 0.384 e. The first kappa shape index (κ1) is 11.1. The van der Waals surface area contributed by atoms with E-state index in [2.05, 4.69) is 23.4 Å². The van der Waals surface area contributed by atoms with Gasteiger partial charge in [-0.2, -0.15) is 0 Å². The van der Waals surface area contributed by atoms with Crippen LogP contribution in [0.15, 0.2) is 6.33 Å². The van der Waals surface area contributed by atoms with E-state index in [0.29, 0.717) is 0 Å². The number of nitrogens with zero attached hydrogens (tertiary/aromatic N) is 2. The van der Waals surface area contributed by atoms with Crippen LogP contribution in [0.4, 0.5) is 5.82 Å². The summed E-state index contributed by atoms with van der Waals surface area (Å²) in [6.45, 7) is 5.37. The van der Waals surface area contributed by atoms with Gasteiger partial charge in [-0.25, -0.2) is 4.98 Å². The highest BCUT2D eigenvalue weighted by atomic mass is 15.1. The van der Waals surface area contributed by atoms with Gasteiger partial charge in [0, 0.05) is 6.54 Å². The van der Waals surface area contributed by atoms with Crippen LogP contribution in [0, 0.1) is 0 Å². The molecule has 3 heteroatoms. The molecule has 3 nitrogen and oxygen atoms in total. The maximum absolute atomic E-state index is 5.99. The second-order valence-electron chi connectivity index (χ2n) is 3.73. The Hall–Kier alpha value is -0.990. The lowest BCUT2D eigenvalue weighted by Gasteiger charge is -2.03. The second kappa shape index (κ2) is 5.68. The maximum Gasteiger partial charge on any atom is 0.126 e. The van der Waals surface area contributed by atoms with Crippen LogP contribution in [0.2, 0.25) is 0 Å². The molecule has 0 saturated carbocycles. The van der Waals surface area contributed by atoms with Crippen molar-refractivity contribution in [3.05, 3.63) is 12.0 Å². The molecule has 0 saturated heterocycles. The number of hydrogen-bond donors (Lipinski definition) is 1. The molecule has 0 aliphatic carbocycles. The highest BCUT2D eigenvalue weighted by molar-refractivity contribution is 5.35. The van der Waals surface area contributed by atoms with Gasteiger partial charge in [-0.1, -0.05) is 26.7 Å². The van der Waals surface area contributed by atoms with Gasteiger partial charge in [0.15, 0.2) is 0 Å². The molecule has 0 aliphatic rings. The lowest BCUT2D eigenvalue weighted by molar-refractivity contribution is 0.637. The molecule has 0 spiro atoms. The Morgan fingerprint density at radius 3 is 2.64 bits per heavy atom. The number of anilines is 1. The standard InChI is InChI=1S/C11H21N3/c1-3-5-7-10-11(12)14(9-13-10)8-6-4-2/h9H,3-8,12H2,1-2H3. The molecular formula is C11H21N3. The van der Waals surface area contributed by atoms with Crippen molar-refractivity contribution in [1.82, 2.24) is 9.55 Å². The molecule has 0 radical (unpaired) electrons. The van der Waals surface area contributed by atoms with Crippen LogP contribution >= 0.6 is 0 Å². The van der Waals surface area contributed by atoms with Crippen molar-refractivity contribution >= 4 is 5.82 Å². The van der Waals surface area contributed by atoms with Crippen LogP contribution in [0.25, 0.3) is 0 Å². The SMILES string of the molecule is CCCCc1ncn(CCCC)c1N. The first-order valence-corrected chi connectivity index (χ1v) is 5.59. The molecule has 0 fully saturated rings. The Morgan fingerprint density at radius 2 is 2.00 bits per heavy atom. The number of hydrogen-bond acceptors (Lipinski definition) is 2. The minimum absolute atomic E-state index is 0.868. The average molecular weight is 195 g/mol. The Bertz CT molecular complexity index is 240. The van der Waals surface area contributed by atoms with Crippen LogP contribution in [0.1, 0.15) is 45.2 Å². The van der Waals surface area contributed by atoms with Gasteiger partial charge in [0.05, 0.1) is 12.0 Å². The summed E-state index contributed by atoms with van der Waals surface area (Å²) in [5.41, 5.74) is 7.06. The van der Waals surface area contributed by atoms with Gasteiger partial charge in [-0.3, -0.25) is 0 Å². The van der Waals surface area contributed by atoms with Crippen LogP contribution in [0.3, 0.4) is 0 Å². The highest BCUT2D eigenvalue weighted by Gasteiger charge is 2.05. The predicted octanol–water partition coefficient (Wildman–Crippen LogP) is 2.61. The highest BCUT2D eigenvalue weighted by Crippen LogP contribution is 2.13. The molecule has 0 amide bonds. The molecule has 1 aromatic rings. The summed E-state index contributed by atoms with van der Waals surface area (Å²) in [7, 11) is 0. The summed E-state index contributed by atoms with van der Waals surface area (Å²) in [6, 6.07) is 0. The van der Waals surface area contributed by atoms with Crippen LogP contribution < -0.4 is 5.73 Å². The third-order valence-electron chi connectivity index (χ3n) is 2.48. The van der Waals surface area contributed by atoms with Crippen molar-refractivity contribution in [2.75, 3.05) is 5.73 Å². The van der Waals surface area contributed by atoms with Gasteiger partial charge in [0.2, 0.25) is 0 Å². The van der Waals surface area contributed by atoms with E-state index in [9.17, 15) is 0 Å². The molecule has 14 heavy (non-hydrogen) atoms. The van der Waals surface area contributed by atoms with Gasteiger partial charge in [-0.05, 0) is 19.3 Å². The molecule has 1 aromatic heterocycles. The van der Waals surface area contributed by atoms with E-state index in [4.69, 9.17) is 5.73 Å². The Balaban J connectivity index is 2.55. The number of nitrogen functional groups attached to an aromatic ring is 1. The molecule has 1 heterocycles. The van der Waals surface area contributed by atoms with Crippen molar-refractivity contribution in [1.29, 1.82) is 0 Å². The molecule has 2 N–H and O–H groups in total. The van der Waals surface area contributed by atoms with E-state index in [1.807, 2.05) is 6.33 Å². The maximum atomic E-state index is 5.99. The first-order valence-electron chi connectivity index (χ1n) is 5.59. The smallest absolute Gasteiger partial charge is 0.126 e. The number of aromatic nitrogens is 2. The Morgan fingerprint density at radius 1 is 1.29 bits per heavy atom. The summed E-state index contributed by atoms with van der Waals surface area (Å²) < 4.78 is 2.06. The summed E-state index contributed by atoms with van der Waals surface area (Å²) in [6.07, 6.45) is 7.63. The van der Waals surface area contributed by atoms with Crippen molar-refractivity contribution in [2.24, 2.45) is 0 Å². The Kier molecular flexibility index (Phi) is 4.50. The molecule has 0 atom stereocenters. The fourth-order valence-corrected chi connectivity index (χ4v) is 1.48. The minimum Gasteiger partial charge on any atom is -0.384 e. The summed E-state index contributed by atoms with van der Waals surface area (Å²) in [5, 5.41) is 0. The monoisotopic (exact) mass is 195 g/mol. The molecular weight excluding hydrogens is 174 g/mol. The van der Waals surface area contributed by atoms with Gasteiger partial charge in [0.1, 0.15) is 5.82 Å². The molecule has 0 bridgehead atoms. The van der Waals surface area contributed by atoms with Crippen LogP contribution in [-0.4, -0.2) is 9.55 Å².